The molecule has 1 heterocycles. The van der Waals surface area contributed by atoms with E-state index in [0.717, 1.165) is 5.69 Å². The molecule has 0 fully saturated rings. The molecule has 5 rings (SSSR count). The van der Waals surface area contributed by atoms with Gasteiger partial charge in [0.2, 0.25) is 5.91 Å². The highest BCUT2D eigenvalue weighted by atomic mass is 19.1. The van der Waals surface area contributed by atoms with Crippen LogP contribution in [-0.2, 0) is 22.7 Å². The van der Waals surface area contributed by atoms with E-state index in [-0.39, 0.29) is 24.2 Å². The van der Waals surface area contributed by atoms with Crippen LogP contribution in [0.2, 0.25) is 0 Å². The maximum absolute atomic E-state index is 14.8. The van der Waals surface area contributed by atoms with Gasteiger partial charge in [-0.15, -0.1) is 5.10 Å². The second kappa shape index (κ2) is 12.0. The average molecular weight is 555 g/mol. The van der Waals surface area contributed by atoms with Gasteiger partial charge in [-0.2, -0.15) is 0 Å². The van der Waals surface area contributed by atoms with Gasteiger partial charge in [-0.25, -0.2) is 13.5 Å². The second-order valence-corrected chi connectivity index (χ2v) is 9.74. The zero-order chi connectivity index (χ0) is 28.9. The Balaban J connectivity index is 1.55. The molecule has 0 aliphatic rings. The van der Waals surface area contributed by atoms with Gasteiger partial charge in [0.25, 0.3) is 5.91 Å². The Morgan fingerprint density at radius 1 is 0.902 bits per heavy atom. The number of para-hydroxylation sites is 1. The Bertz CT molecular complexity index is 1690. The van der Waals surface area contributed by atoms with Crippen LogP contribution in [0.3, 0.4) is 0 Å². The van der Waals surface area contributed by atoms with Gasteiger partial charge in [-0.3, -0.25) is 9.59 Å². The number of rotatable bonds is 9. The van der Waals surface area contributed by atoms with E-state index in [0.29, 0.717) is 16.7 Å². The number of carbonyl (C=O) groups is 2. The molecule has 0 bridgehead atoms. The number of nitrogens with zero attached hydrogens (tertiary/aromatic N) is 5. The van der Waals surface area contributed by atoms with E-state index in [1.54, 1.807) is 54.6 Å². The predicted molar refractivity (Wildman–Crippen MR) is 153 cm³/mol. The highest BCUT2D eigenvalue weighted by Crippen LogP contribution is 2.28. The fraction of sp³-hybridized carbons (Fsp3) is 0.161. The number of fused-ring (bicyclic) bond motifs is 1. The van der Waals surface area contributed by atoms with Gasteiger partial charge in [-0.1, -0.05) is 47.7 Å². The van der Waals surface area contributed by atoms with E-state index in [1.807, 2.05) is 37.2 Å². The van der Waals surface area contributed by atoms with Crippen LogP contribution in [0.4, 0.5) is 20.2 Å². The molecular weight excluding hydrogens is 526 g/mol. The van der Waals surface area contributed by atoms with Crippen molar-refractivity contribution in [3.63, 3.8) is 0 Å². The Labute approximate surface area is 235 Å². The molecule has 0 spiro atoms. The zero-order valence-electron chi connectivity index (χ0n) is 22.5. The number of nitrogens with one attached hydrogen (secondary N) is 1. The van der Waals surface area contributed by atoms with Gasteiger partial charge in [0.05, 0.1) is 5.52 Å². The molecule has 0 saturated carbocycles. The van der Waals surface area contributed by atoms with Crippen LogP contribution >= 0.6 is 0 Å². The van der Waals surface area contributed by atoms with Crippen LogP contribution in [0.15, 0.2) is 97.1 Å². The predicted octanol–water partition coefficient (Wildman–Crippen LogP) is 5.18. The van der Waals surface area contributed by atoms with E-state index < -0.39 is 29.5 Å². The van der Waals surface area contributed by atoms with Gasteiger partial charge in [0.1, 0.15) is 29.7 Å². The quantitative estimate of drug-likeness (QED) is 0.271. The number of hydrogen-bond acceptors (Lipinski definition) is 5. The van der Waals surface area contributed by atoms with Crippen molar-refractivity contribution in [1.82, 2.24) is 19.9 Å². The molecule has 208 valence electrons. The first kappa shape index (κ1) is 27.4. The van der Waals surface area contributed by atoms with Crippen molar-refractivity contribution in [1.29, 1.82) is 0 Å². The van der Waals surface area contributed by atoms with Crippen molar-refractivity contribution in [3.8, 4) is 0 Å². The molecule has 5 aromatic rings. The van der Waals surface area contributed by atoms with Crippen LogP contribution in [0.1, 0.15) is 17.2 Å². The first-order valence-electron chi connectivity index (χ1n) is 12.9. The minimum absolute atomic E-state index is 0.203. The summed E-state index contributed by atoms with van der Waals surface area (Å²) in [5, 5.41) is 11.1. The molecule has 0 radical (unpaired) electrons. The molecule has 0 aliphatic carbocycles. The summed E-state index contributed by atoms with van der Waals surface area (Å²) in [5.41, 5.74) is 3.08. The number of anilines is 2. The molecular formula is C31H28F2N6O2. The van der Waals surface area contributed by atoms with Crippen LogP contribution in [0.5, 0.6) is 0 Å². The maximum atomic E-state index is 14.8. The molecule has 1 aromatic heterocycles. The van der Waals surface area contributed by atoms with Gasteiger partial charge in [0.15, 0.2) is 0 Å². The molecule has 1 atom stereocenters. The van der Waals surface area contributed by atoms with Crippen molar-refractivity contribution < 1.29 is 18.4 Å². The van der Waals surface area contributed by atoms with Gasteiger partial charge < -0.3 is 15.1 Å². The standard InChI is InChI=1S/C31H28F2N6O2/c1-37(2)25-16-14-24(15-17-25)34-31(41)30(21-9-7-10-23(32)18-21)38(19-22-8-3-4-11-26(22)33)29(40)20-39-28-13-6-5-12-27(28)35-36-39/h3-18,30H,19-20H2,1-2H3,(H,34,41). The zero-order valence-corrected chi connectivity index (χ0v) is 22.5. The van der Waals surface area contributed by atoms with E-state index >= 15 is 0 Å². The molecule has 4 aromatic carbocycles. The van der Waals surface area contributed by atoms with Crippen molar-refractivity contribution >= 4 is 34.2 Å². The summed E-state index contributed by atoms with van der Waals surface area (Å²) in [6, 6.07) is 24.5. The first-order chi connectivity index (χ1) is 19.8. The molecule has 1 unspecified atom stereocenters. The van der Waals surface area contributed by atoms with E-state index in [4.69, 9.17) is 0 Å². The number of carbonyl (C=O) groups excluding carboxylic acids is 2. The lowest BCUT2D eigenvalue weighted by atomic mass is 10.0. The van der Waals surface area contributed by atoms with Crippen molar-refractivity contribution in [3.05, 3.63) is 120 Å². The van der Waals surface area contributed by atoms with Crippen molar-refractivity contribution in [2.45, 2.75) is 19.1 Å². The molecule has 10 heteroatoms. The smallest absolute Gasteiger partial charge is 0.251 e. The number of aromatic nitrogens is 3. The Hall–Kier alpha value is -5.12. The third kappa shape index (κ3) is 6.22. The number of amides is 2. The summed E-state index contributed by atoms with van der Waals surface area (Å²) in [6.07, 6.45) is 0. The third-order valence-electron chi connectivity index (χ3n) is 6.70. The summed E-state index contributed by atoms with van der Waals surface area (Å²) < 4.78 is 30.7. The third-order valence-corrected chi connectivity index (χ3v) is 6.70. The highest BCUT2D eigenvalue weighted by Gasteiger charge is 2.33. The SMILES string of the molecule is CN(C)c1ccc(NC(=O)C(c2cccc(F)c2)N(Cc2ccccc2F)C(=O)Cn2nnc3ccccc32)cc1. The Kier molecular flexibility index (Phi) is 8.00. The summed E-state index contributed by atoms with van der Waals surface area (Å²) in [7, 11) is 3.80. The molecule has 0 aliphatic heterocycles. The first-order valence-corrected chi connectivity index (χ1v) is 12.9. The number of halogens is 2. The summed E-state index contributed by atoms with van der Waals surface area (Å²) >= 11 is 0. The summed E-state index contributed by atoms with van der Waals surface area (Å²) in [6.45, 7) is -0.516. The number of benzene rings is 4. The van der Waals surface area contributed by atoms with Crippen LogP contribution in [0, 0.1) is 11.6 Å². The van der Waals surface area contributed by atoms with Gasteiger partial charge in [-0.05, 0) is 60.2 Å². The lowest BCUT2D eigenvalue weighted by Gasteiger charge is -2.32. The van der Waals surface area contributed by atoms with E-state index in [1.165, 1.54) is 33.8 Å². The minimum atomic E-state index is -1.29. The van der Waals surface area contributed by atoms with Crippen molar-refractivity contribution in [2.75, 3.05) is 24.3 Å². The van der Waals surface area contributed by atoms with Gasteiger partial charge in [0, 0.05) is 37.6 Å². The normalized spacial score (nSPS) is 11.7. The van der Waals surface area contributed by atoms with Crippen molar-refractivity contribution in [2.24, 2.45) is 0 Å². The largest absolute Gasteiger partial charge is 0.378 e. The number of hydrogen-bond donors (Lipinski definition) is 1. The highest BCUT2D eigenvalue weighted by molar-refractivity contribution is 5.98. The molecule has 2 amide bonds. The fourth-order valence-electron chi connectivity index (χ4n) is 4.59. The maximum Gasteiger partial charge on any atom is 0.251 e. The molecule has 1 N–H and O–H groups in total. The fourth-order valence-corrected chi connectivity index (χ4v) is 4.59. The Morgan fingerprint density at radius 2 is 1.63 bits per heavy atom. The monoisotopic (exact) mass is 554 g/mol. The lowest BCUT2D eigenvalue weighted by molar-refractivity contribution is -0.140. The van der Waals surface area contributed by atoms with Crippen LogP contribution in [-0.4, -0.2) is 45.8 Å². The molecule has 41 heavy (non-hydrogen) atoms. The topological polar surface area (TPSA) is 83.4 Å². The van der Waals surface area contributed by atoms with E-state index in [2.05, 4.69) is 15.6 Å². The lowest BCUT2D eigenvalue weighted by Crippen LogP contribution is -2.42. The van der Waals surface area contributed by atoms with E-state index in [9.17, 15) is 18.4 Å². The van der Waals surface area contributed by atoms with Gasteiger partial charge >= 0.3 is 0 Å². The molecule has 0 saturated heterocycles. The van der Waals surface area contributed by atoms with Crippen LogP contribution in [0.25, 0.3) is 11.0 Å². The average Bonchev–Trinajstić information content (AvgIpc) is 3.36. The minimum Gasteiger partial charge on any atom is -0.378 e. The summed E-state index contributed by atoms with van der Waals surface area (Å²) in [5.74, 6) is -2.22. The Morgan fingerprint density at radius 3 is 2.37 bits per heavy atom. The summed E-state index contributed by atoms with van der Waals surface area (Å²) in [4.78, 5) is 31.1. The van der Waals surface area contributed by atoms with Crippen LogP contribution < -0.4 is 10.2 Å². The second-order valence-electron chi connectivity index (χ2n) is 9.74. The molecule has 8 nitrogen and oxygen atoms in total.